The predicted octanol–water partition coefficient (Wildman–Crippen LogP) is 0.695. The van der Waals surface area contributed by atoms with Crippen molar-refractivity contribution in [2.75, 3.05) is 6.54 Å². The molecular formula is C18H32N4O4. The van der Waals surface area contributed by atoms with Gasteiger partial charge < -0.3 is 21.5 Å². The number of nitrogens with two attached hydrogens (primary N) is 1. The van der Waals surface area contributed by atoms with Gasteiger partial charge in [0.15, 0.2) is 0 Å². The molecule has 0 aromatic carbocycles. The third-order valence-corrected chi connectivity index (χ3v) is 4.45. The predicted molar refractivity (Wildman–Crippen MR) is 99.9 cm³/mol. The Morgan fingerprint density at radius 3 is 2.54 bits per heavy atom. The molecule has 0 aromatic rings. The Morgan fingerprint density at radius 1 is 1.31 bits per heavy atom. The fourth-order valence-electron chi connectivity index (χ4n) is 2.85. The molecule has 4 atom stereocenters. The first-order valence-electron chi connectivity index (χ1n) is 9.30. The lowest BCUT2D eigenvalue weighted by atomic mass is 10.0. The molecule has 0 fully saturated rings. The lowest BCUT2D eigenvalue weighted by Crippen LogP contribution is -2.48. The number of carboxylic acid groups (broad SMARTS) is 1. The number of nitrogens with one attached hydrogen (secondary N) is 2. The van der Waals surface area contributed by atoms with Crippen molar-refractivity contribution in [1.82, 2.24) is 10.6 Å². The highest BCUT2D eigenvalue weighted by Crippen LogP contribution is 2.16. The van der Waals surface area contributed by atoms with Crippen LogP contribution in [0.2, 0.25) is 0 Å². The van der Waals surface area contributed by atoms with Gasteiger partial charge in [-0.3, -0.25) is 14.6 Å². The van der Waals surface area contributed by atoms with Gasteiger partial charge in [-0.2, -0.15) is 0 Å². The summed E-state index contributed by atoms with van der Waals surface area (Å²) in [4.78, 5) is 39.4. The molecule has 0 bridgehead atoms. The molecule has 1 aliphatic rings. The fourth-order valence-corrected chi connectivity index (χ4v) is 2.85. The summed E-state index contributed by atoms with van der Waals surface area (Å²) < 4.78 is 0. The summed E-state index contributed by atoms with van der Waals surface area (Å²) in [6.07, 6.45) is 4.79. The molecule has 0 spiro atoms. The molecule has 0 aliphatic carbocycles. The number of rotatable bonds is 11. The number of hydrogen-bond donors (Lipinski definition) is 4. The maximum Gasteiger partial charge on any atom is 0.326 e. The normalized spacial score (nSPS) is 21.4. The Balaban J connectivity index is 2.23. The van der Waals surface area contributed by atoms with Gasteiger partial charge in [0.05, 0.1) is 6.04 Å². The number of aliphatic imine (C=N–C) groups is 1. The molecule has 0 saturated carbocycles. The van der Waals surface area contributed by atoms with E-state index in [4.69, 9.17) is 10.8 Å². The van der Waals surface area contributed by atoms with Crippen LogP contribution in [0.3, 0.4) is 0 Å². The summed E-state index contributed by atoms with van der Waals surface area (Å²) in [7, 11) is 0. The zero-order valence-corrected chi connectivity index (χ0v) is 15.9. The van der Waals surface area contributed by atoms with Crippen molar-refractivity contribution in [2.45, 2.75) is 71.0 Å². The van der Waals surface area contributed by atoms with Gasteiger partial charge in [-0.25, -0.2) is 4.79 Å². The monoisotopic (exact) mass is 368 g/mol. The van der Waals surface area contributed by atoms with E-state index in [0.29, 0.717) is 32.2 Å². The number of amides is 2. The SMILES string of the molecule is CC(C)C[C@H](NC(=O)[C@@H](N)CCCCNC(=O)[C@@H]1N=CC[C@H]1C)C(=O)O. The number of aliphatic carboxylic acids is 1. The summed E-state index contributed by atoms with van der Waals surface area (Å²) >= 11 is 0. The molecule has 0 radical (unpaired) electrons. The molecular weight excluding hydrogens is 336 g/mol. The van der Waals surface area contributed by atoms with Crippen LogP contribution >= 0.6 is 0 Å². The third-order valence-electron chi connectivity index (χ3n) is 4.45. The van der Waals surface area contributed by atoms with Crippen LogP contribution < -0.4 is 16.4 Å². The van der Waals surface area contributed by atoms with E-state index in [-0.39, 0.29) is 23.8 Å². The molecule has 148 valence electrons. The van der Waals surface area contributed by atoms with Crippen LogP contribution in [-0.2, 0) is 14.4 Å². The topological polar surface area (TPSA) is 134 Å². The molecule has 2 amide bonds. The Bertz CT molecular complexity index is 521. The molecule has 8 heteroatoms. The average molecular weight is 368 g/mol. The zero-order chi connectivity index (χ0) is 19.7. The smallest absolute Gasteiger partial charge is 0.326 e. The fraction of sp³-hybridized carbons (Fsp3) is 0.778. The minimum Gasteiger partial charge on any atom is -0.480 e. The Kier molecular flexibility index (Phi) is 9.26. The molecule has 1 rings (SSSR count). The largest absolute Gasteiger partial charge is 0.480 e. The highest BCUT2D eigenvalue weighted by molar-refractivity contribution is 5.87. The van der Waals surface area contributed by atoms with Crippen molar-refractivity contribution in [3.05, 3.63) is 0 Å². The number of carbonyl (C=O) groups excluding carboxylic acids is 2. The van der Waals surface area contributed by atoms with Crippen molar-refractivity contribution < 1.29 is 19.5 Å². The second-order valence-corrected chi connectivity index (χ2v) is 7.41. The first-order chi connectivity index (χ1) is 12.2. The van der Waals surface area contributed by atoms with E-state index in [1.54, 1.807) is 6.21 Å². The van der Waals surface area contributed by atoms with E-state index in [0.717, 1.165) is 6.42 Å². The van der Waals surface area contributed by atoms with Gasteiger partial charge in [0.25, 0.3) is 0 Å². The number of hydrogen-bond acceptors (Lipinski definition) is 5. The van der Waals surface area contributed by atoms with E-state index in [9.17, 15) is 14.4 Å². The quantitative estimate of drug-likeness (QED) is 0.398. The lowest BCUT2D eigenvalue weighted by molar-refractivity contribution is -0.142. The molecule has 1 aliphatic heterocycles. The molecule has 5 N–H and O–H groups in total. The molecule has 8 nitrogen and oxygen atoms in total. The van der Waals surface area contributed by atoms with Crippen molar-refractivity contribution in [3.8, 4) is 0 Å². The standard InChI is InChI=1S/C18H32N4O4/c1-11(2)10-14(18(25)26)22-16(23)13(19)6-4-5-8-21-17(24)15-12(3)7-9-20-15/h9,11-15H,4-8,10,19H2,1-3H3,(H,21,24)(H,22,23)(H,25,26)/t12-,13+,14+,15-/m1/s1. The van der Waals surface area contributed by atoms with E-state index in [1.807, 2.05) is 20.8 Å². The number of carboxylic acids is 1. The Morgan fingerprint density at radius 2 is 2.00 bits per heavy atom. The first-order valence-corrected chi connectivity index (χ1v) is 9.30. The average Bonchev–Trinajstić information content (AvgIpc) is 2.99. The van der Waals surface area contributed by atoms with Gasteiger partial charge in [-0.1, -0.05) is 20.8 Å². The van der Waals surface area contributed by atoms with Crippen molar-refractivity contribution in [2.24, 2.45) is 22.6 Å². The molecule has 26 heavy (non-hydrogen) atoms. The van der Waals surface area contributed by atoms with Crippen LogP contribution in [0.25, 0.3) is 0 Å². The molecule has 0 aromatic heterocycles. The minimum atomic E-state index is -1.05. The van der Waals surface area contributed by atoms with Crippen LogP contribution in [-0.4, -0.2) is 53.8 Å². The number of nitrogens with zero attached hydrogens (tertiary/aromatic N) is 1. The van der Waals surface area contributed by atoms with Gasteiger partial charge >= 0.3 is 5.97 Å². The van der Waals surface area contributed by atoms with E-state index >= 15 is 0 Å². The van der Waals surface area contributed by atoms with Gasteiger partial charge in [0.1, 0.15) is 12.1 Å². The van der Waals surface area contributed by atoms with Gasteiger partial charge in [0.2, 0.25) is 11.8 Å². The maximum atomic E-state index is 12.0. The zero-order valence-electron chi connectivity index (χ0n) is 15.9. The second-order valence-electron chi connectivity index (χ2n) is 7.41. The van der Waals surface area contributed by atoms with Crippen molar-refractivity contribution in [3.63, 3.8) is 0 Å². The number of unbranched alkanes of at least 4 members (excludes halogenated alkanes) is 1. The summed E-state index contributed by atoms with van der Waals surface area (Å²) in [5, 5.41) is 14.5. The van der Waals surface area contributed by atoms with Crippen molar-refractivity contribution in [1.29, 1.82) is 0 Å². The molecule has 0 unspecified atom stereocenters. The highest BCUT2D eigenvalue weighted by atomic mass is 16.4. The van der Waals surface area contributed by atoms with Crippen LogP contribution in [0.5, 0.6) is 0 Å². The summed E-state index contributed by atoms with van der Waals surface area (Å²) in [6, 6.07) is -1.96. The molecule has 0 saturated heterocycles. The third kappa shape index (κ3) is 7.51. The van der Waals surface area contributed by atoms with Crippen LogP contribution in [0.1, 0.15) is 52.9 Å². The highest BCUT2D eigenvalue weighted by Gasteiger charge is 2.27. The second kappa shape index (κ2) is 10.9. The number of carbonyl (C=O) groups is 3. The summed E-state index contributed by atoms with van der Waals surface area (Å²) in [6.45, 7) is 6.30. The molecule has 1 heterocycles. The van der Waals surface area contributed by atoms with E-state index < -0.39 is 24.0 Å². The van der Waals surface area contributed by atoms with Crippen LogP contribution in [0.15, 0.2) is 4.99 Å². The van der Waals surface area contributed by atoms with Gasteiger partial charge in [-0.05, 0) is 43.9 Å². The first kappa shape index (κ1) is 22.1. The van der Waals surface area contributed by atoms with Gasteiger partial charge in [-0.15, -0.1) is 0 Å². The minimum absolute atomic E-state index is 0.0636. The Hall–Kier alpha value is -1.96. The summed E-state index contributed by atoms with van der Waals surface area (Å²) in [5.74, 6) is -1.17. The van der Waals surface area contributed by atoms with Crippen molar-refractivity contribution >= 4 is 24.0 Å². The van der Waals surface area contributed by atoms with Crippen LogP contribution in [0, 0.1) is 11.8 Å². The maximum absolute atomic E-state index is 12.0. The van der Waals surface area contributed by atoms with E-state index in [1.165, 1.54) is 0 Å². The Labute approximate surface area is 155 Å². The van der Waals surface area contributed by atoms with Gasteiger partial charge in [0, 0.05) is 12.8 Å². The lowest BCUT2D eigenvalue weighted by Gasteiger charge is -2.19. The summed E-state index contributed by atoms with van der Waals surface area (Å²) in [5.41, 5.74) is 5.84. The van der Waals surface area contributed by atoms with E-state index in [2.05, 4.69) is 15.6 Å². The van der Waals surface area contributed by atoms with Crippen LogP contribution in [0.4, 0.5) is 0 Å².